The molecule has 0 aromatic heterocycles. The first-order valence-corrected chi connectivity index (χ1v) is 5.03. The minimum Gasteiger partial charge on any atom is -0.496 e. The fourth-order valence-electron chi connectivity index (χ4n) is 1.10. The van der Waals surface area contributed by atoms with E-state index in [1.54, 1.807) is 0 Å². The van der Waals surface area contributed by atoms with Crippen LogP contribution in [0.3, 0.4) is 0 Å². The summed E-state index contributed by atoms with van der Waals surface area (Å²) in [4.78, 5) is 10.9. The van der Waals surface area contributed by atoms with Crippen LogP contribution in [0, 0.1) is 0 Å². The smallest absolute Gasteiger partial charge is 0.381 e. The molecule has 0 saturated carbocycles. The number of carbonyl (C=O) groups is 1. The number of rotatable bonds is 3. The van der Waals surface area contributed by atoms with Crippen molar-refractivity contribution in [2.45, 2.75) is 5.92 Å². The number of hydrogen-bond donors (Lipinski definition) is 0. The quantitative estimate of drug-likeness (QED) is 0.804. The molecular weight excluding hydrogens is 286 g/mol. The fourth-order valence-corrected chi connectivity index (χ4v) is 1.51. The molecular formula is C10H9BrF2O3. The van der Waals surface area contributed by atoms with Crippen molar-refractivity contribution in [3.63, 3.8) is 0 Å². The number of methoxy groups -OCH3 is 2. The molecule has 0 aliphatic heterocycles. The van der Waals surface area contributed by atoms with E-state index < -0.39 is 17.5 Å². The predicted molar refractivity (Wildman–Crippen MR) is 56.6 cm³/mol. The van der Waals surface area contributed by atoms with Gasteiger partial charge in [-0.3, -0.25) is 0 Å². The molecule has 1 aromatic carbocycles. The Hall–Kier alpha value is -1.17. The topological polar surface area (TPSA) is 35.5 Å². The lowest BCUT2D eigenvalue weighted by molar-refractivity contribution is -0.170. The van der Waals surface area contributed by atoms with Gasteiger partial charge in [-0.2, -0.15) is 8.78 Å². The summed E-state index contributed by atoms with van der Waals surface area (Å²) >= 11 is 3.13. The Morgan fingerprint density at radius 3 is 2.50 bits per heavy atom. The van der Waals surface area contributed by atoms with E-state index in [1.165, 1.54) is 13.2 Å². The molecule has 3 nitrogen and oxygen atoms in total. The Balaban J connectivity index is 3.18. The summed E-state index contributed by atoms with van der Waals surface area (Å²) in [7, 11) is 2.26. The molecule has 6 heteroatoms. The van der Waals surface area contributed by atoms with E-state index in [2.05, 4.69) is 20.7 Å². The number of hydrogen-bond acceptors (Lipinski definition) is 3. The summed E-state index contributed by atoms with van der Waals surface area (Å²) in [6.45, 7) is 0. The number of carbonyl (C=O) groups excluding carboxylic acids is 1. The average Bonchev–Trinajstić information content (AvgIpc) is 2.28. The van der Waals surface area contributed by atoms with Gasteiger partial charge >= 0.3 is 11.9 Å². The third kappa shape index (κ3) is 2.32. The van der Waals surface area contributed by atoms with Gasteiger partial charge in [0.1, 0.15) is 5.75 Å². The molecule has 1 aromatic rings. The van der Waals surface area contributed by atoms with Crippen molar-refractivity contribution in [2.75, 3.05) is 14.2 Å². The van der Waals surface area contributed by atoms with Gasteiger partial charge in [-0.05, 0) is 28.1 Å². The zero-order valence-electron chi connectivity index (χ0n) is 8.59. The van der Waals surface area contributed by atoms with Gasteiger partial charge in [0, 0.05) is 5.56 Å². The molecule has 0 heterocycles. The lowest BCUT2D eigenvalue weighted by atomic mass is 10.1. The number of esters is 1. The van der Waals surface area contributed by atoms with Crippen LogP contribution < -0.4 is 4.74 Å². The molecule has 0 bridgehead atoms. The van der Waals surface area contributed by atoms with Crippen molar-refractivity contribution in [1.82, 2.24) is 0 Å². The van der Waals surface area contributed by atoms with E-state index in [9.17, 15) is 13.6 Å². The van der Waals surface area contributed by atoms with Gasteiger partial charge in [-0.25, -0.2) is 4.79 Å². The molecule has 0 aliphatic carbocycles. The van der Waals surface area contributed by atoms with E-state index in [0.29, 0.717) is 4.47 Å². The van der Waals surface area contributed by atoms with Gasteiger partial charge in [-0.1, -0.05) is 6.07 Å². The van der Waals surface area contributed by atoms with Crippen LogP contribution in [-0.2, 0) is 15.5 Å². The molecule has 0 saturated heterocycles. The summed E-state index contributed by atoms with van der Waals surface area (Å²) in [5.41, 5.74) is -0.473. The average molecular weight is 295 g/mol. The van der Waals surface area contributed by atoms with Crippen molar-refractivity contribution in [2.24, 2.45) is 0 Å². The molecule has 0 fully saturated rings. The highest BCUT2D eigenvalue weighted by Gasteiger charge is 2.42. The monoisotopic (exact) mass is 294 g/mol. The first-order chi connectivity index (χ1) is 7.43. The summed E-state index contributed by atoms with van der Waals surface area (Å²) in [6, 6.07) is 3.59. The molecule has 0 unspecified atom stereocenters. The van der Waals surface area contributed by atoms with Crippen LogP contribution in [0.15, 0.2) is 22.7 Å². The first kappa shape index (κ1) is 12.9. The van der Waals surface area contributed by atoms with E-state index in [-0.39, 0.29) is 5.75 Å². The molecule has 16 heavy (non-hydrogen) atoms. The summed E-state index contributed by atoms with van der Waals surface area (Å²) < 4.78 is 36.3. The van der Waals surface area contributed by atoms with Crippen LogP contribution in [0.1, 0.15) is 5.56 Å². The molecule has 0 radical (unpaired) electrons. The Bertz CT molecular complexity index is 407. The van der Waals surface area contributed by atoms with Crippen LogP contribution in [0.25, 0.3) is 0 Å². The Kier molecular flexibility index (Phi) is 3.85. The van der Waals surface area contributed by atoms with Crippen LogP contribution in [0.5, 0.6) is 5.75 Å². The Labute approximate surface area is 99.5 Å². The second-order valence-corrected chi connectivity index (χ2v) is 3.77. The van der Waals surface area contributed by atoms with E-state index >= 15 is 0 Å². The lowest BCUT2D eigenvalue weighted by Crippen LogP contribution is -2.27. The lowest BCUT2D eigenvalue weighted by Gasteiger charge is -2.15. The van der Waals surface area contributed by atoms with E-state index in [4.69, 9.17) is 4.74 Å². The van der Waals surface area contributed by atoms with E-state index in [1.807, 2.05) is 0 Å². The second-order valence-electron chi connectivity index (χ2n) is 2.92. The summed E-state index contributed by atoms with van der Waals surface area (Å²) in [6.07, 6.45) is 0. The molecule has 88 valence electrons. The van der Waals surface area contributed by atoms with Crippen molar-refractivity contribution < 1.29 is 23.0 Å². The second kappa shape index (κ2) is 4.78. The van der Waals surface area contributed by atoms with Gasteiger partial charge in [0.2, 0.25) is 0 Å². The Morgan fingerprint density at radius 1 is 1.38 bits per heavy atom. The van der Waals surface area contributed by atoms with Crippen molar-refractivity contribution in [1.29, 1.82) is 0 Å². The van der Waals surface area contributed by atoms with Crippen molar-refractivity contribution >= 4 is 21.9 Å². The molecule has 0 aliphatic rings. The maximum atomic E-state index is 13.5. The number of alkyl halides is 2. The number of ether oxygens (including phenoxy) is 2. The predicted octanol–water partition coefficient (Wildman–Crippen LogP) is 2.72. The summed E-state index contributed by atoms with van der Waals surface area (Å²) in [5, 5.41) is 0. The highest BCUT2D eigenvalue weighted by molar-refractivity contribution is 9.10. The molecule has 0 atom stereocenters. The van der Waals surface area contributed by atoms with E-state index in [0.717, 1.165) is 19.2 Å². The normalized spacial score (nSPS) is 11.1. The van der Waals surface area contributed by atoms with Crippen LogP contribution in [0.4, 0.5) is 8.78 Å². The minimum absolute atomic E-state index is 0.223. The maximum absolute atomic E-state index is 13.5. The molecule has 1 rings (SSSR count). The SMILES string of the molecule is COC(=O)C(F)(F)c1ccc(Br)c(OC)c1. The van der Waals surface area contributed by atoms with Crippen LogP contribution >= 0.6 is 15.9 Å². The molecule has 0 spiro atoms. The Morgan fingerprint density at radius 2 is 2.00 bits per heavy atom. The van der Waals surface area contributed by atoms with Crippen molar-refractivity contribution in [3.8, 4) is 5.75 Å². The highest BCUT2D eigenvalue weighted by atomic mass is 79.9. The molecule has 0 amide bonds. The van der Waals surface area contributed by atoms with Crippen molar-refractivity contribution in [3.05, 3.63) is 28.2 Å². The van der Waals surface area contributed by atoms with Gasteiger partial charge in [0.15, 0.2) is 0 Å². The standard InChI is InChI=1S/C10H9BrF2O3/c1-15-8-5-6(3-4-7(8)11)10(12,13)9(14)16-2/h3-5H,1-2H3. The van der Waals surface area contributed by atoms with Gasteiger partial charge in [0.05, 0.1) is 18.7 Å². The van der Waals surface area contributed by atoms with Crippen LogP contribution in [0.2, 0.25) is 0 Å². The first-order valence-electron chi connectivity index (χ1n) is 4.23. The molecule has 0 N–H and O–H groups in total. The summed E-state index contributed by atoms with van der Waals surface area (Å²) in [5.74, 6) is -5.05. The number of halogens is 3. The van der Waals surface area contributed by atoms with Gasteiger partial charge < -0.3 is 9.47 Å². The highest BCUT2D eigenvalue weighted by Crippen LogP contribution is 2.34. The van der Waals surface area contributed by atoms with Crippen LogP contribution in [-0.4, -0.2) is 20.2 Å². The van der Waals surface area contributed by atoms with Gasteiger partial charge in [0.25, 0.3) is 0 Å². The zero-order valence-corrected chi connectivity index (χ0v) is 10.2. The zero-order chi connectivity index (χ0) is 12.3. The third-order valence-electron chi connectivity index (χ3n) is 1.96. The largest absolute Gasteiger partial charge is 0.496 e. The third-order valence-corrected chi connectivity index (χ3v) is 2.61. The minimum atomic E-state index is -3.68. The van der Waals surface area contributed by atoms with Gasteiger partial charge in [-0.15, -0.1) is 0 Å². The fraction of sp³-hybridized carbons (Fsp3) is 0.300. The maximum Gasteiger partial charge on any atom is 0.381 e. The number of benzene rings is 1.